The van der Waals surface area contributed by atoms with Crippen LogP contribution in [0.4, 0.5) is 13.6 Å². The van der Waals surface area contributed by atoms with Crippen molar-refractivity contribution in [3.05, 3.63) is 112 Å². The lowest BCUT2D eigenvalue weighted by molar-refractivity contribution is 0.203. The van der Waals surface area contributed by atoms with E-state index in [1.54, 1.807) is 49.4 Å². The molecule has 1 unspecified atom stereocenters. The quantitative estimate of drug-likeness (QED) is 0.351. The Morgan fingerprint density at radius 1 is 1.03 bits per heavy atom. The Balaban J connectivity index is 1.59. The number of aromatic nitrogens is 2. The molecule has 4 aromatic rings. The molecular formula is C26H19ClF2N4O2. The van der Waals surface area contributed by atoms with E-state index in [1.165, 1.54) is 29.2 Å². The topological polar surface area (TPSA) is 71.3 Å². The second-order valence-corrected chi connectivity index (χ2v) is 8.52. The molecule has 1 aliphatic rings. The van der Waals surface area contributed by atoms with Crippen LogP contribution in [0.15, 0.2) is 83.0 Å². The van der Waals surface area contributed by atoms with E-state index >= 15 is 0 Å². The Morgan fingerprint density at radius 2 is 1.71 bits per heavy atom. The summed E-state index contributed by atoms with van der Waals surface area (Å²) in [5, 5.41) is 7.58. The number of halogens is 3. The van der Waals surface area contributed by atoms with Crippen molar-refractivity contribution in [2.24, 2.45) is 0 Å². The maximum absolute atomic E-state index is 13.4. The van der Waals surface area contributed by atoms with Gasteiger partial charge >= 0.3 is 6.03 Å². The molecule has 0 fully saturated rings. The van der Waals surface area contributed by atoms with Crippen molar-refractivity contribution in [2.45, 2.75) is 19.5 Å². The smallest absolute Gasteiger partial charge is 0.322 e. The molecule has 35 heavy (non-hydrogen) atoms. The van der Waals surface area contributed by atoms with Crippen LogP contribution in [-0.2, 0) is 6.54 Å². The number of urea groups is 1. The van der Waals surface area contributed by atoms with Crippen LogP contribution in [0.3, 0.4) is 0 Å². The zero-order valence-electron chi connectivity index (χ0n) is 18.5. The predicted molar refractivity (Wildman–Crippen MR) is 127 cm³/mol. The molecule has 3 aromatic carbocycles. The fraction of sp³-hybridized carbons (Fsp3) is 0.115. The summed E-state index contributed by atoms with van der Waals surface area (Å²) < 4.78 is 32.3. The predicted octanol–water partition coefficient (Wildman–Crippen LogP) is 6.37. The van der Waals surface area contributed by atoms with E-state index in [9.17, 15) is 13.6 Å². The first-order chi connectivity index (χ1) is 16.9. The van der Waals surface area contributed by atoms with Gasteiger partial charge in [-0.2, -0.15) is 4.98 Å². The van der Waals surface area contributed by atoms with E-state index in [1.807, 2.05) is 6.07 Å². The van der Waals surface area contributed by atoms with Gasteiger partial charge in [0, 0.05) is 16.3 Å². The van der Waals surface area contributed by atoms with Gasteiger partial charge in [-0.3, -0.25) is 4.90 Å². The Hall–Kier alpha value is -4.04. The molecule has 0 radical (unpaired) electrons. The first kappa shape index (κ1) is 22.7. The van der Waals surface area contributed by atoms with Crippen molar-refractivity contribution in [1.29, 1.82) is 0 Å². The highest BCUT2D eigenvalue weighted by Gasteiger charge is 2.36. The zero-order valence-corrected chi connectivity index (χ0v) is 19.3. The highest BCUT2D eigenvalue weighted by Crippen LogP contribution is 2.38. The Labute approximate surface area is 204 Å². The largest absolute Gasteiger partial charge is 0.334 e. The highest BCUT2D eigenvalue weighted by atomic mass is 35.5. The summed E-state index contributed by atoms with van der Waals surface area (Å²) in [6, 6.07) is 17.9. The highest BCUT2D eigenvalue weighted by molar-refractivity contribution is 6.30. The van der Waals surface area contributed by atoms with Gasteiger partial charge in [-0.15, -0.1) is 0 Å². The van der Waals surface area contributed by atoms with E-state index in [-0.39, 0.29) is 35.9 Å². The second-order valence-electron chi connectivity index (χ2n) is 8.08. The van der Waals surface area contributed by atoms with E-state index in [4.69, 9.17) is 16.1 Å². The van der Waals surface area contributed by atoms with Gasteiger partial charge in [-0.1, -0.05) is 41.0 Å². The van der Waals surface area contributed by atoms with Crippen LogP contribution in [0.5, 0.6) is 0 Å². The van der Waals surface area contributed by atoms with Gasteiger partial charge in [0.05, 0.1) is 18.2 Å². The lowest BCUT2D eigenvalue weighted by atomic mass is 9.94. The number of allylic oxidation sites excluding steroid dienone is 1. The average molecular weight is 493 g/mol. The van der Waals surface area contributed by atoms with Gasteiger partial charge in [0.15, 0.2) is 0 Å². The van der Waals surface area contributed by atoms with Gasteiger partial charge in [0.2, 0.25) is 5.82 Å². The maximum atomic E-state index is 13.4. The molecule has 1 N–H and O–H groups in total. The van der Waals surface area contributed by atoms with E-state index in [2.05, 4.69) is 15.5 Å². The molecule has 0 saturated carbocycles. The molecule has 6 nitrogen and oxygen atoms in total. The van der Waals surface area contributed by atoms with Gasteiger partial charge in [-0.05, 0) is 66.6 Å². The number of amides is 2. The third-order valence-electron chi connectivity index (χ3n) is 5.79. The second kappa shape index (κ2) is 9.31. The van der Waals surface area contributed by atoms with Crippen LogP contribution >= 0.6 is 11.6 Å². The van der Waals surface area contributed by atoms with Crippen molar-refractivity contribution in [3.63, 3.8) is 0 Å². The van der Waals surface area contributed by atoms with Gasteiger partial charge < -0.3 is 9.84 Å². The van der Waals surface area contributed by atoms with Crippen molar-refractivity contribution in [3.8, 4) is 11.4 Å². The van der Waals surface area contributed by atoms with Gasteiger partial charge in [0.1, 0.15) is 11.6 Å². The molecule has 0 bridgehead atoms. The molecule has 0 spiro atoms. The Kier molecular flexibility index (Phi) is 6.05. The number of hydrogen-bond acceptors (Lipinski definition) is 4. The normalized spacial score (nSPS) is 15.9. The van der Waals surface area contributed by atoms with Crippen LogP contribution in [0.25, 0.3) is 17.0 Å². The summed E-state index contributed by atoms with van der Waals surface area (Å²) in [6.07, 6.45) is 0. The number of rotatable bonds is 5. The number of nitrogens with one attached hydrogen (secondary N) is 1. The number of carbonyl (C=O) groups excluding carboxylic acids is 1. The summed E-state index contributed by atoms with van der Waals surface area (Å²) >= 11 is 6.22. The number of hydrogen-bond donors (Lipinski definition) is 1. The maximum Gasteiger partial charge on any atom is 0.322 e. The molecule has 1 aliphatic heterocycles. The third-order valence-corrected chi connectivity index (χ3v) is 6.03. The minimum Gasteiger partial charge on any atom is -0.334 e. The van der Waals surface area contributed by atoms with Crippen LogP contribution in [0.2, 0.25) is 5.02 Å². The molecule has 2 heterocycles. The molecule has 1 aromatic heterocycles. The lowest BCUT2D eigenvalue weighted by Gasteiger charge is -2.35. The molecule has 0 aliphatic carbocycles. The molecule has 5 rings (SSSR count). The summed E-state index contributed by atoms with van der Waals surface area (Å²) in [6.45, 7) is 2.00. The standard InChI is InChI=1S/C26H19ClF2N4O2/c1-15-22(25-31-24(32-35-25)17-7-11-21(29)12-8-17)23(18-3-2-4-19(27)13-18)30-26(34)33(15)14-16-5-9-20(28)10-6-16/h2-13,23H,14H2,1H3,(H,30,34). The Morgan fingerprint density at radius 3 is 2.40 bits per heavy atom. The van der Waals surface area contributed by atoms with E-state index < -0.39 is 6.04 Å². The fourth-order valence-corrected chi connectivity index (χ4v) is 4.21. The van der Waals surface area contributed by atoms with E-state index in [0.717, 1.165) is 11.1 Å². The lowest BCUT2D eigenvalue weighted by Crippen LogP contribution is -2.45. The Bertz CT molecular complexity index is 1420. The number of nitrogens with zero attached hydrogens (tertiary/aromatic N) is 3. The summed E-state index contributed by atoms with van der Waals surface area (Å²) in [5.41, 5.74) is 3.26. The van der Waals surface area contributed by atoms with Crippen LogP contribution in [0.1, 0.15) is 30.0 Å². The van der Waals surface area contributed by atoms with Crippen molar-refractivity contribution in [2.75, 3.05) is 0 Å². The SMILES string of the molecule is CC1=C(c2nc(-c3ccc(F)cc3)no2)C(c2cccc(Cl)c2)NC(=O)N1Cc1ccc(F)cc1. The van der Waals surface area contributed by atoms with E-state index in [0.29, 0.717) is 21.9 Å². The third kappa shape index (κ3) is 4.65. The number of carbonyl (C=O) groups is 1. The number of benzene rings is 3. The minimum absolute atomic E-state index is 0.205. The molecule has 2 amide bonds. The minimum atomic E-state index is -0.604. The van der Waals surface area contributed by atoms with Crippen molar-refractivity contribution >= 4 is 23.2 Å². The average Bonchev–Trinajstić information content (AvgIpc) is 3.33. The summed E-state index contributed by atoms with van der Waals surface area (Å²) in [4.78, 5) is 19.2. The zero-order chi connectivity index (χ0) is 24.5. The molecular weight excluding hydrogens is 474 g/mol. The molecule has 1 atom stereocenters. The molecule has 176 valence electrons. The van der Waals surface area contributed by atoms with Crippen molar-refractivity contribution < 1.29 is 18.1 Å². The monoisotopic (exact) mass is 492 g/mol. The summed E-state index contributed by atoms with van der Waals surface area (Å²) in [5.74, 6) is -0.239. The van der Waals surface area contributed by atoms with Gasteiger partial charge in [-0.25, -0.2) is 13.6 Å². The van der Waals surface area contributed by atoms with Gasteiger partial charge in [0.25, 0.3) is 5.89 Å². The fourth-order valence-electron chi connectivity index (χ4n) is 4.01. The molecule has 9 heteroatoms. The molecule has 0 saturated heterocycles. The summed E-state index contributed by atoms with van der Waals surface area (Å²) in [7, 11) is 0. The van der Waals surface area contributed by atoms with Crippen LogP contribution in [-0.4, -0.2) is 21.1 Å². The van der Waals surface area contributed by atoms with Crippen LogP contribution in [0, 0.1) is 11.6 Å². The first-order valence-electron chi connectivity index (χ1n) is 10.8. The first-order valence-corrected chi connectivity index (χ1v) is 11.2. The van der Waals surface area contributed by atoms with Crippen molar-refractivity contribution in [1.82, 2.24) is 20.4 Å². The van der Waals surface area contributed by atoms with Crippen LogP contribution < -0.4 is 5.32 Å².